The van der Waals surface area contributed by atoms with E-state index in [1.54, 1.807) is 14.4 Å². The van der Waals surface area contributed by atoms with Crippen molar-refractivity contribution in [2.24, 2.45) is 0 Å². The number of piperazine rings is 1. The van der Waals surface area contributed by atoms with E-state index in [0.717, 1.165) is 34.2 Å². The van der Waals surface area contributed by atoms with E-state index in [4.69, 9.17) is 4.74 Å². The van der Waals surface area contributed by atoms with Crippen LogP contribution in [-0.2, 0) is 20.7 Å². The number of carbonyl (C=O) groups excluding carboxylic acids is 3. The van der Waals surface area contributed by atoms with E-state index < -0.39 is 29.8 Å². The summed E-state index contributed by atoms with van der Waals surface area (Å²) >= 11 is 0. The molecule has 0 radical (unpaired) electrons. The number of para-hydroxylation sites is 1. The van der Waals surface area contributed by atoms with Crippen LogP contribution in [0.2, 0.25) is 0 Å². The number of allylic oxidation sites excluding steroid dienone is 1. The monoisotopic (exact) mass is 449 g/mol. The van der Waals surface area contributed by atoms with Gasteiger partial charge in [0.15, 0.2) is 0 Å². The molecule has 0 saturated carbocycles. The van der Waals surface area contributed by atoms with Gasteiger partial charge >= 0.3 is 6.09 Å². The lowest BCUT2D eigenvalue weighted by molar-refractivity contribution is -0.162. The molecule has 5 rings (SSSR count). The van der Waals surface area contributed by atoms with E-state index in [2.05, 4.69) is 0 Å². The summed E-state index contributed by atoms with van der Waals surface area (Å²) in [6.45, 7) is 10.1. The summed E-state index contributed by atoms with van der Waals surface area (Å²) < 4.78 is 7.41. The van der Waals surface area contributed by atoms with Crippen molar-refractivity contribution in [1.29, 1.82) is 0 Å². The van der Waals surface area contributed by atoms with E-state index in [-0.39, 0.29) is 11.8 Å². The van der Waals surface area contributed by atoms with Crippen LogP contribution in [0.1, 0.15) is 64.8 Å². The molecular formula is C26H31N3O4. The summed E-state index contributed by atoms with van der Waals surface area (Å²) in [6, 6.07) is 6.25. The van der Waals surface area contributed by atoms with Crippen molar-refractivity contribution in [3.63, 3.8) is 0 Å². The summed E-state index contributed by atoms with van der Waals surface area (Å²) in [5.41, 5.74) is 2.76. The number of fused-ring (bicyclic) bond motifs is 5. The molecule has 0 spiro atoms. The predicted octanol–water partition coefficient (Wildman–Crippen LogP) is 4.19. The highest BCUT2D eigenvalue weighted by molar-refractivity contribution is 6.01. The number of carbonyl (C=O) groups is 3. The Hall–Kier alpha value is -3.09. The molecule has 33 heavy (non-hydrogen) atoms. The molecule has 3 aliphatic rings. The molecule has 4 heterocycles. The molecule has 1 aromatic carbocycles. The van der Waals surface area contributed by atoms with Crippen LogP contribution < -0.4 is 0 Å². The first kappa shape index (κ1) is 21.7. The number of hydrogen-bond donors (Lipinski definition) is 0. The first-order valence-electron chi connectivity index (χ1n) is 11.7. The fourth-order valence-electron chi connectivity index (χ4n) is 5.60. The van der Waals surface area contributed by atoms with Gasteiger partial charge < -0.3 is 14.5 Å². The topological polar surface area (TPSA) is 71.8 Å². The van der Waals surface area contributed by atoms with Crippen molar-refractivity contribution in [2.75, 3.05) is 6.54 Å². The molecular weight excluding hydrogens is 418 g/mol. The van der Waals surface area contributed by atoms with Gasteiger partial charge in [-0.3, -0.25) is 9.59 Å². The maximum atomic E-state index is 13.7. The zero-order valence-corrected chi connectivity index (χ0v) is 19.9. The fraction of sp³-hybridized carbons (Fsp3) is 0.500. The van der Waals surface area contributed by atoms with E-state index >= 15 is 0 Å². The van der Waals surface area contributed by atoms with Crippen LogP contribution in [0.5, 0.6) is 0 Å². The average Bonchev–Trinajstić information content (AvgIpc) is 3.34. The van der Waals surface area contributed by atoms with Gasteiger partial charge in [-0.1, -0.05) is 29.8 Å². The van der Waals surface area contributed by atoms with Crippen LogP contribution in [0.3, 0.4) is 0 Å². The molecule has 0 aliphatic carbocycles. The number of rotatable bonds is 1. The molecule has 2 aromatic rings. The molecule has 2 saturated heterocycles. The van der Waals surface area contributed by atoms with Gasteiger partial charge in [-0.15, -0.1) is 0 Å². The minimum Gasteiger partial charge on any atom is -0.443 e. The van der Waals surface area contributed by atoms with Crippen LogP contribution in [0, 0.1) is 0 Å². The van der Waals surface area contributed by atoms with Gasteiger partial charge in [0, 0.05) is 18.4 Å². The second-order valence-electron chi connectivity index (χ2n) is 10.5. The maximum Gasteiger partial charge on any atom is 0.419 e. The predicted molar refractivity (Wildman–Crippen MR) is 125 cm³/mol. The lowest BCUT2D eigenvalue weighted by Gasteiger charge is -2.48. The quantitative estimate of drug-likeness (QED) is 0.612. The highest BCUT2D eigenvalue weighted by Crippen LogP contribution is 2.44. The van der Waals surface area contributed by atoms with Crippen molar-refractivity contribution in [3.8, 4) is 0 Å². The van der Waals surface area contributed by atoms with E-state index in [0.29, 0.717) is 19.4 Å². The number of benzene rings is 1. The van der Waals surface area contributed by atoms with Gasteiger partial charge in [0.05, 0.1) is 17.3 Å². The third kappa shape index (κ3) is 3.36. The largest absolute Gasteiger partial charge is 0.443 e. The second kappa shape index (κ2) is 7.47. The highest BCUT2D eigenvalue weighted by atomic mass is 16.6. The zero-order chi connectivity index (χ0) is 23.7. The van der Waals surface area contributed by atoms with Crippen molar-refractivity contribution >= 4 is 28.8 Å². The third-order valence-electron chi connectivity index (χ3n) is 6.76. The number of amides is 2. The Morgan fingerprint density at radius 3 is 2.52 bits per heavy atom. The lowest BCUT2D eigenvalue weighted by Crippen LogP contribution is -2.65. The number of hydrogen-bond acceptors (Lipinski definition) is 4. The fourth-order valence-corrected chi connectivity index (χ4v) is 5.60. The van der Waals surface area contributed by atoms with Crippen molar-refractivity contribution in [1.82, 2.24) is 14.4 Å². The molecule has 1 aromatic heterocycles. The van der Waals surface area contributed by atoms with Crippen LogP contribution >= 0.6 is 0 Å². The average molecular weight is 450 g/mol. The van der Waals surface area contributed by atoms with Gasteiger partial charge in [0.1, 0.15) is 17.7 Å². The van der Waals surface area contributed by atoms with Crippen LogP contribution in [-0.4, -0.2) is 56.5 Å². The van der Waals surface area contributed by atoms with Crippen molar-refractivity contribution in [3.05, 3.63) is 47.2 Å². The normalized spacial score (nSPS) is 24.5. The summed E-state index contributed by atoms with van der Waals surface area (Å²) in [7, 11) is 0. The van der Waals surface area contributed by atoms with Gasteiger partial charge in [-0.2, -0.15) is 0 Å². The third-order valence-corrected chi connectivity index (χ3v) is 6.76. The molecule has 2 amide bonds. The molecule has 0 bridgehead atoms. The zero-order valence-electron chi connectivity index (χ0n) is 19.9. The lowest BCUT2D eigenvalue weighted by atomic mass is 9.87. The Morgan fingerprint density at radius 1 is 1.09 bits per heavy atom. The summed E-state index contributed by atoms with van der Waals surface area (Å²) in [5, 5.41) is 0.925. The van der Waals surface area contributed by atoms with Crippen molar-refractivity contribution < 1.29 is 19.1 Å². The Morgan fingerprint density at radius 2 is 1.82 bits per heavy atom. The Kier molecular flexibility index (Phi) is 4.92. The standard InChI is InChI=1S/C26H31N3O4/c1-15(2)13-20-22-17(14-21-23(30)27-12-8-11-19(27)24(31)28(20)21)16-9-6-7-10-18(16)29(22)25(32)33-26(3,4)5/h6-7,9-10,13,19-21H,8,11-12,14H2,1-5H3/t19-,20+,21-/m0/s1. The Labute approximate surface area is 194 Å². The molecule has 0 unspecified atom stereocenters. The molecule has 7 heteroatoms. The Balaban J connectivity index is 1.76. The van der Waals surface area contributed by atoms with Crippen LogP contribution in [0.15, 0.2) is 35.9 Å². The van der Waals surface area contributed by atoms with E-state index in [9.17, 15) is 14.4 Å². The highest BCUT2D eigenvalue weighted by Gasteiger charge is 2.53. The summed E-state index contributed by atoms with van der Waals surface area (Å²) in [6.07, 6.45) is 3.46. The van der Waals surface area contributed by atoms with E-state index in [1.807, 2.05) is 65.0 Å². The molecule has 0 N–H and O–H groups in total. The first-order chi connectivity index (χ1) is 15.6. The minimum atomic E-state index is -0.667. The van der Waals surface area contributed by atoms with Crippen LogP contribution in [0.25, 0.3) is 10.9 Å². The van der Waals surface area contributed by atoms with Crippen molar-refractivity contribution in [2.45, 2.75) is 77.6 Å². The smallest absolute Gasteiger partial charge is 0.419 e. The summed E-state index contributed by atoms with van der Waals surface area (Å²) in [5.74, 6) is -0.00440. The van der Waals surface area contributed by atoms with Gasteiger partial charge in [0.25, 0.3) is 0 Å². The van der Waals surface area contributed by atoms with E-state index in [1.165, 1.54) is 0 Å². The SMILES string of the molecule is CC(C)=C[C@@H]1c2c(c3ccccc3n2C(=O)OC(C)(C)C)C[C@H]2C(=O)N3CCC[C@H]3C(=O)N12. The van der Waals surface area contributed by atoms with Crippen LogP contribution in [0.4, 0.5) is 4.79 Å². The second-order valence-corrected chi connectivity index (χ2v) is 10.5. The number of aromatic nitrogens is 1. The molecule has 2 fully saturated rings. The van der Waals surface area contributed by atoms with Gasteiger partial charge in [0.2, 0.25) is 11.8 Å². The summed E-state index contributed by atoms with van der Waals surface area (Å²) in [4.78, 5) is 44.2. The maximum absolute atomic E-state index is 13.7. The number of ether oxygens (including phenoxy) is 1. The molecule has 3 atom stereocenters. The first-order valence-corrected chi connectivity index (χ1v) is 11.7. The number of nitrogens with zero attached hydrogens (tertiary/aromatic N) is 3. The molecule has 3 aliphatic heterocycles. The molecule has 7 nitrogen and oxygen atoms in total. The van der Waals surface area contributed by atoms with Gasteiger partial charge in [-0.05, 0) is 59.1 Å². The minimum absolute atomic E-state index is 0.0176. The molecule has 174 valence electrons. The Bertz CT molecular complexity index is 1200. The van der Waals surface area contributed by atoms with Gasteiger partial charge in [-0.25, -0.2) is 9.36 Å².